The van der Waals surface area contributed by atoms with Gasteiger partial charge in [-0.15, -0.1) is 11.8 Å². The highest BCUT2D eigenvalue weighted by Crippen LogP contribution is 2.52. The van der Waals surface area contributed by atoms with Crippen molar-refractivity contribution in [1.29, 1.82) is 0 Å². The van der Waals surface area contributed by atoms with Crippen molar-refractivity contribution in [3.63, 3.8) is 0 Å². The summed E-state index contributed by atoms with van der Waals surface area (Å²) in [6.07, 6.45) is 6.93. The SMILES string of the molecule is CC1CCSC2(CCCCC2(C)C)N1. The van der Waals surface area contributed by atoms with Gasteiger partial charge in [-0.2, -0.15) is 0 Å². The van der Waals surface area contributed by atoms with Gasteiger partial charge in [-0.3, -0.25) is 5.32 Å². The summed E-state index contributed by atoms with van der Waals surface area (Å²) in [5.74, 6) is 1.34. The maximum atomic E-state index is 3.88. The van der Waals surface area contributed by atoms with Crippen LogP contribution in [-0.4, -0.2) is 16.7 Å². The second-order valence-electron chi connectivity index (χ2n) is 5.60. The third kappa shape index (κ3) is 1.71. The lowest BCUT2D eigenvalue weighted by molar-refractivity contribution is 0.124. The lowest BCUT2D eigenvalue weighted by Crippen LogP contribution is -2.60. The second-order valence-corrected chi connectivity index (χ2v) is 6.99. The molecule has 2 aliphatic rings. The fourth-order valence-electron chi connectivity index (χ4n) is 2.94. The van der Waals surface area contributed by atoms with Crippen LogP contribution in [0.4, 0.5) is 0 Å². The van der Waals surface area contributed by atoms with Gasteiger partial charge < -0.3 is 0 Å². The fourth-order valence-corrected chi connectivity index (χ4v) is 4.82. The molecular weight excluding hydrogens is 190 g/mol. The largest absolute Gasteiger partial charge is 0.300 e. The minimum absolute atomic E-state index is 0.392. The molecule has 0 aromatic rings. The van der Waals surface area contributed by atoms with Crippen molar-refractivity contribution >= 4 is 11.8 Å². The maximum Gasteiger partial charge on any atom is 0.0698 e. The van der Waals surface area contributed by atoms with E-state index in [1.54, 1.807) is 0 Å². The van der Waals surface area contributed by atoms with Gasteiger partial charge in [0.25, 0.3) is 0 Å². The lowest BCUT2D eigenvalue weighted by Gasteiger charge is -2.54. The fraction of sp³-hybridized carbons (Fsp3) is 1.00. The summed E-state index contributed by atoms with van der Waals surface area (Å²) in [4.78, 5) is 0.392. The Morgan fingerprint density at radius 3 is 2.57 bits per heavy atom. The molecule has 1 saturated carbocycles. The molecule has 2 rings (SSSR count). The van der Waals surface area contributed by atoms with Crippen molar-refractivity contribution in [1.82, 2.24) is 5.32 Å². The zero-order valence-corrected chi connectivity index (χ0v) is 10.5. The molecular formula is C12H23NS. The first kappa shape index (κ1) is 10.8. The van der Waals surface area contributed by atoms with Crippen LogP contribution in [0, 0.1) is 5.41 Å². The summed E-state index contributed by atoms with van der Waals surface area (Å²) < 4.78 is 0. The predicted octanol–water partition coefficient (Wildman–Crippen LogP) is 3.40. The van der Waals surface area contributed by atoms with Gasteiger partial charge in [0, 0.05) is 6.04 Å². The summed E-state index contributed by atoms with van der Waals surface area (Å²) in [7, 11) is 0. The van der Waals surface area contributed by atoms with E-state index in [2.05, 4.69) is 37.8 Å². The van der Waals surface area contributed by atoms with Gasteiger partial charge in [0.2, 0.25) is 0 Å². The van der Waals surface area contributed by atoms with Gasteiger partial charge in [0.15, 0.2) is 0 Å². The Bertz CT molecular complexity index is 210. The number of thioether (sulfide) groups is 1. The van der Waals surface area contributed by atoms with Gasteiger partial charge in [0.1, 0.15) is 0 Å². The molecule has 14 heavy (non-hydrogen) atoms. The molecule has 2 fully saturated rings. The molecule has 0 radical (unpaired) electrons. The van der Waals surface area contributed by atoms with Crippen molar-refractivity contribution in [2.45, 2.75) is 63.8 Å². The third-order valence-electron chi connectivity index (χ3n) is 4.05. The van der Waals surface area contributed by atoms with E-state index < -0.39 is 0 Å². The molecule has 2 atom stereocenters. The Balaban J connectivity index is 2.18. The Morgan fingerprint density at radius 2 is 1.93 bits per heavy atom. The Kier molecular flexibility index (Phi) is 2.87. The van der Waals surface area contributed by atoms with Crippen LogP contribution in [0.1, 0.15) is 52.9 Å². The highest BCUT2D eigenvalue weighted by Gasteiger charge is 2.48. The minimum atomic E-state index is 0.392. The third-order valence-corrected chi connectivity index (χ3v) is 5.86. The van der Waals surface area contributed by atoms with Gasteiger partial charge in [-0.25, -0.2) is 0 Å². The normalized spacial score (nSPS) is 42.6. The van der Waals surface area contributed by atoms with Gasteiger partial charge in [0.05, 0.1) is 4.87 Å². The van der Waals surface area contributed by atoms with Crippen LogP contribution in [0.5, 0.6) is 0 Å². The molecule has 2 heteroatoms. The average Bonchev–Trinajstić information content (AvgIpc) is 2.11. The lowest BCUT2D eigenvalue weighted by atomic mass is 9.72. The van der Waals surface area contributed by atoms with E-state index in [0.29, 0.717) is 16.3 Å². The van der Waals surface area contributed by atoms with Crippen LogP contribution in [-0.2, 0) is 0 Å². The van der Waals surface area contributed by atoms with Crippen molar-refractivity contribution in [2.24, 2.45) is 5.41 Å². The van der Waals surface area contributed by atoms with Gasteiger partial charge in [-0.1, -0.05) is 26.7 Å². The Labute approximate surface area is 92.4 Å². The Morgan fingerprint density at radius 1 is 1.21 bits per heavy atom. The highest BCUT2D eigenvalue weighted by molar-refractivity contribution is 8.00. The second kappa shape index (κ2) is 3.71. The van der Waals surface area contributed by atoms with Crippen molar-refractivity contribution in [3.05, 3.63) is 0 Å². The van der Waals surface area contributed by atoms with Crippen LogP contribution in [0.15, 0.2) is 0 Å². The monoisotopic (exact) mass is 213 g/mol. The molecule has 1 aliphatic carbocycles. The summed E-state index contributed by atoms with van der Waals surface area (Å²) in [5.41, 5.74) is 0.477. The van der Waals surface area contributed by atoms with Crippen LogP contribution < -0.4 is 5.32 Å². The number of rotatable bonds is 0. The average molecular weight is 213 g/mol. The molecule has 1 saturated heterocycles. The van der Waals surface area contributed by atoms with E-state index in [-0.39, 0.29) is 0 Å². The summed E-state index contributed by atoms with van der Waals surface area (Å²) in [6.45, 7) is 7.24. The zero-order chi connectivity index (χ0) is 10.2. The molecule has 1 aliphatic heterocycles. The van der Waals surface area contributed by atoms with E-state index in [1.165, 1.54) is 37.9 Å². The number of hydrogen-bond acceptors (Lipinski definition) is 2. The summed E-state index contributed by atoms with van der Waals surface area (Å²) >= 11 is 2.19. The predicted molar refractivity (Wildman–Crippen MR) is 64.7 cm³/mol. The van der Waals surface area contributed by atoms with E-state index >= 15 is 0 Å². The molecule has 0 aromatic heterocycles. The van der Waals surface area contributed by atoms with Crippen molar-refractivity contribution < 1.29 is 0 Å². The van der Waals surface area contributed by atoms with Crippen LogP contribution in [0.3, 0.4) is 0 Å². The molecule has 0 bridgehead atoms. The van der Waals surface area contributed by atoms with E-state index in [0.717, 1.165) is 0 Å². The first-order valence-electron chi connectivity index (χ1n) is 5.97. The minimum Gasteiger partial charge on any atom is -0.300 e. The molecule has 1 heterocycles. The standard InChI is InChI=1S/C12H23NS/c1-10-6-9-14-12(13-10)8-5-4-7-11(12,2)3/h10,13H,4-9H2,1-3H3. The molecule has 1 spiro atoms. The van der Waals surface area contributed by atoms with Gasteiger partial charge >= 0.3 is 0 Å². The van der Waals surface area contributed by atoms with Crippen molar-refractivity contribution in [3.8, 4) is 0 Å². The van der Waals surface area contributed by atoms with E-state index in [9.17, 15) is 0 Å². The first-order chi connectivity index (χ1) is 6.56. The molecule has 0 amide bonds. The van der Waals surface area contributed by atoms with Crippen LogP contribution in [0.2, 0.25) is 0 Å². The zero-order valence-electron chi connectivity index (χ0n) is 9.73. The quantitative estimate of drug-likeness (QED) is 0.662. The van der Waals surface area contributed by atoms with Crippen molar-refractivity contribution in [2.75, 3.05) is 5.75 Å². The topological polar surface area (TPSA) is 12.0 Å². The maximum absolute atomic E-state index is 3.88. The molecule has 82 valence electrons. The van der Waals surface area contributed by atoms with Gasteiger partial charge in [-0.05, 0) is 37.4 Å². The number of nitrogens with one attached hydrogen (secondary N) is 1. The first-order valence-corrected chi connectivity index (χ1v) is 6.96. The van der Waals surface area contributed by atoms with Crippen LogP contribution in [0.25, 0.3) is 0 Å². The summed E-state index contributed by atoms with van der Waals surface area (Å²) in [6, 6.07) is 0.716. The molecule has 1 nitrogen and oxygen atoms in total. The number of hydrogen-bond donors (Lipinski definition) is 1. The highest BCUT2D eigenvalue weighted by atomic mass is 32.2. The molecule has 2 unspecified atom stereocenters. The molecule has 1 N–H and O–H groups in total. The van der Waals surface area contributed by atoms with E-state index in [1.807, 2.05) is 0 Å². The Hall–Kier alpha value is 0.310. The van der Waals surface area contributed by atoms with Crippen LogP contribution >= 0.6 is 11.8 Å². The smallest absolute Gasteiger partial charge is 0.0698 e. The van der Waals surface area contributed by atoms with E-state index in [4.69, 9.17) is 0 Å². The summed E-state index contributed by atoms with van der Waals surface area (Å²) in [5, 5.41) is 3.88. The molecule has 0 aromatic carbocycles.